The summed E-state index contributed by atoms with van der Waals surface area (Å²) in [5.41, 5.74) is 0.415. The smallest absolute Gasteiger partial charge is 0.410 e. The van der Waals surface area contributed by atoms with Crippen LogP contribution in [0.3, 0.4) is 0 Å². The van der Waals surface area contributed by atoms with Crippen LogP contribution in [0.15, 0.2) is 12.1 Å². The monoisotopic (exact) mass is 319 g/mol. The Morgan fingerprint density at radius 3 is 2.35 bits per heavy atom. The number of nitrogens with zero attached hydrogens (tertiary/aromatic N) is 3. The van der Waals surface area contributed by atoms with Crippen molar-refractivity contribution in [3.63, 3.8) is 0 Å². The molecule has 6 heteroatoms. The third-order valence-corrected chi connectivity index (χ3v) is 4.35. The summed E-state index contributed by atoms with van der Waals surface area (Å²) in [5.74, 6) is 0.561. The van der Waals surface area contributed by atoms with E-state index in [1.54, 1.807) is 0 Å². The molecule has 23 heavy (non-hydrogen) atoms. The van der Waals surface area contributed by atoms with Crippen LogP contribution in [-0.4, -0.2) is 45.0 Å². The van der Waals surface area contributed by atoms with E-state index < -0.39 is 5.60 Å². The molecule has 1 aromatic rings. The number of carbonyl (C=O) groups excluding carboxylic acids is 1. The summed E-state index contributed by atoms with van der Waals surface area (Å²) in [6.07, 6.45) is 3.57. The molecule has 0 N–H and O–H groups in total. The molecule has 2 fully saturated rings. The summed E-state index contributed by atoms with van der Waals surface area (Å²) < 4.78 is 11.5. The lowest BCUT2D eigenvalue weighted by Crippen LogP contribution is -2.50. The Labute approximate surface area is 137 Å². The van der Waals surface area contributed by atoms with Crippen LogP contribution in [0, 0.1) is 6.92 Å². The fourth-order valence-electron chi connectivity index (χ4n) is 3.46. The van der Waals surface area contributed by atoms with Crippen LogP contribution >= 0.6 is 0 Å². The highest BCUT2D eigenvalue weighted by Crippen LogP contribution is 2.38. The Hall–Kier alpha value is -1.85. The number of piperidine rings is 1. The van der Waals surface area contributed by atoms with Crippen LogP contribution in [-0.2, 0) is 4.74 Å². The van der Waals surface area contributed by atoms with Gasteiger partial charge >= 0.3 is 6.09 Å². The topological polar surface area (TPSA) is 64.5 Å². The molecule has 3 atom stereocenters. The molecule has 3 rings (SSSR count). The molecule has 0 aliphatic carbocycles. The second kappa shape index (κ2) is 5.98. The van der Waals surface area contributed by atoms with Gasteiger partial charge < -0.3 is 14.4 Å². The van der Waals surface area contributed by atoms with E-state index in [0.717, 1.165) is 31.4 Å². The summed E-state index contributed by atoms with van der Waals surface area (Å²) in [4.78, 5) is 14.3. The second-order valence-corrected chi connectivity index (χ2v) is 7.50. The van der Waals surface area contributed by atoms with Gasteiger partial charge in [-0.15, -0.1) is 5.10 Å². The summed E-state index contributed by atoms with van der Waals surface area (Å²) in [7, 11) is 0. The molecule has 0 aromatic carbocycles. The van der Waals surface area contributed by atoms with Gasteiger partial charge in [0.25, 0.3) is 0 Å². The molecule has 3 heterocycles. The van der Waals surface area contributed by atoms with E-state index >= 15 is 0 Å². The lowest BCUT2D eigenvalue weighted by Gasteiger charge is -2.39. The number of rotatable bonds is 2. The molecule has 6 nitrogen and oxygen atoms in total. The van der Waals surface area contributed by atoms with Crippen molar-refractivity contribution in [1.82, 2.24) is 15.1 Å². The van der Waals surface area contributed by atoms with Gasteiger partial charge in [0, 0.05) is 31.0 Å². The number of aromatic nitrogens is 2. The highest BCUT2D eigenvalue weighted by atomic mass is 16.6. The first-order valence-electron chi connectivity index (χ1n) is 8.30. The number of carbonyl (C=O) groups is 1. The van der Waals surface area contributed by atoms with Gasteiger partial charge in [-0.1, -0.05) is 0 Å². The normalized spacial score (nSPS) is 27.0. The Morgan fingerprint density at radius 2 is 1.83 bits per heavy atom. The van der Waals surface area contributed by atoms with Crippen LogP contribution in [0.4, 0.5) is 4.79 Å². The molecule has 1 aromatic heterocycles. The Morgan fingerprint density at radius 1 is 1.17 bits per heavy atom. The molecule has 1 amide bonds. The lowest BCUT2D eigenvalue weighted by molar-refractivity contribution is -0.00771. The maximum atomic E-state index is 12.4. The van der Waals surface area contributed by atoms with Gasteiger partial charge in [0.1, 0.15) is 11.7 Å². The van der Waals surface area contributed by atoms with E-state index in [1.165, 1.54) is 0 Å². The van der Waals surface area contributed by atoms with Crippen LogP contribution in [0.2, 0.25) is 0 Å². The highest BCUT2D eigenvalue weighted by Gasteiger charge is 2.45. The largest absolute Gasteiger partial charge is 0.473 e. The third kappa shape index (κ3) is 3.74. The van der Waals surface area contributed by atoms with Crippen molar-refractivity contribution in [2.45, 2.75) is 77.2 Å². The maximum absolute atomic E-state index is 12.4. The first kappa shape index (κ1) is 16.0. The second-order valence-electron chi connectivity index (χ2n) is 7.50. The summed E-state index contributed by atoms with van der Waals surface area (Å²) in [6.45, 7) is 7.60. The van der Waals surface area contributed by atoms with E-state index in [4.69, 9.17) is 9.47 Å². The number of fused-ring (bicyclic) bond motifs is 2. The van der Waals surface area contributed by atoms with Gasteiger partial charge in [-0.3, -0.25) is 0 Å². The van der Waals surface area contributed by atoms with Gasteiger partial charge in [0.2, 0.25) is 5.88 Å². The van der Waals surface area contributed by atoms with Crippen molar-refractivity contribution in [2.75, 3.05) is 0 Å². The summed E-state index contributed by atoms with van der Waals surface area (Å²) in [6, 6.07) is 4.15. The number of ether oxygens (including phenoxy) is 2. The molecule has 2 saturated heterocycles. The fourth-order valence-corrected chi connectivity index (χ4v) is 3.46. The van der Waals surface area contributed by atoms with E-state index in [0.29, 0.717) is 5.88 Å². The summed E-state index contributed by atoms with van der Waals surface area (Å²) in [5, 5.41) is 8.09. The molecule has 2 aliphatic rings. The minimum absolute atomic E-state index is 0.0863. The average molecular weight is 319 g/mol. The fraction of sp³-hybridized carbons (Fsp3) is 0.706. The van der Waals surface area contributed by atoms with Crippen LogP contribution in [0.5, 0.6) is 5.88 Å². The highest BCUT2D eigenvalue weighted by molar-refractivity contribution is 5.69. The van der Waals surface area contributed by atoms with E-state index in [-0.39, 0.29) is 24.3 Å². The van der Waals surface area contributed by atoms with Crippen LogP contribution in [0.1, 0.15) is 52.1 Å². The molecule has 2 bridgehead atoms. The molecule has 0 radical (unpaired) electrons. The molecule has 126 valence electrons. The minimum Gasteiger partial charge on any atom is -0.473 e. The van der Waals surface area contributed by atoms with Crippen molar-refractivity contribution < 1.29 is 14.3 Å². The average Bonchev–Trinajstić information content (AvgIpc) is 2.72. The Bertz CT molecular complexity index is 553. The zero-order chi connectivity index (χ0) is 16.6. The van der Waals surface area contributed by atoms with Gasteiger partial charge in [0.05, 0.1) is 5.69 Å². The molecule has 0 saturated carbocycles. The standard InChI is InChI=1S/C17H25N3O3/c1-11-5-8-15(19-18-11)22-14-9-12-6-7-13(10-14)20(12)16(21)23-17(2,3)4/h5,8,12-14H,6-7,9-10H2,1-4H3/t12-,13+,14?. The maximum Gasteiger partial charge on any atom is 0.410 e. The van der Waals surface area contributed by atoms with Gasteiger partial charge in [-0.2, -0.15) is 5.10 Å². The number of hydrogen-bond donors (Lipinski definition) is 0. The Balaban J connectivity index is 1.62. The van der Waals surface area contributed by atoms with Crippen LogP contribution < -0.4 is 4.74 Å². The SMILES string of the molecule is Cc1ccc(OC2C[C@H]3CC[C@@H](C2)N3C(=O)OC(C)(C)C)nn1. The molecule has 1 unspecified atom stereocenters. The molecule has 2 aliphatic heterocycles. The van der Waals surface area contributed by atoms with Gasteiger partial charge in [0.15, 0.2) is 0 Å². The predicted molar refractivity (Wildman–Crippen MR) is 85.3 cm³/mol. The van der Waals surface area contributed by atoms with Gasteiger partial charge in [-0.05, 0) is 46.6 Å². The predicted octanol–water partition coefficient (Wildman–Crippen LogP) is 3.09. The van der Waals surface area contributed by atoms with E-state index in [1.807, 2.05) is 44.7 Å². The van der Waals surface area contributed by atoms with E-state index in [2.05, 4.69) is 10.2 Å². The van der Waals surface area contributed by atoms with Crippen molar-refractivity contribution in [1.29, 1.82) is 0 Å². The van der Waals surface area contributed by atoms with Crippen LogP contribution in [0.25, 0.3) is 0 Å². The molecule has 0 spiro atoms. The number of aryl methyl sites for hydroxylation is 1. The van der Waals surface area contributed by atoms with Crippen molar-refractivity contribution in [3.8, 4) is 5.88 Å². The number of hydrogen-bond acceptors (Lipinski definition) is 5. The minimum atomic E-state index is -0.457. The quantitative estimate of drug-likeness (QED) is 0.838. The molecular weight excluding hydrogens is 294 g/mol. The third-order valence-electron chi connectivity index (χ3n) is 4.35. The van der Waals surface area contributed by atoms with Crippen molar-refractivity contribution in [3.05, 3.63) is 17.8 Å². The van der Waals surface area contributed by atoms with Crippen molar-refractivity contribution in [2.24, 2.45) is 0 Å². The van der Waals surface area contributed by atoms with Gasteiger partial charge in [-0.25, -0.2) is 4.79 Å². The zero-order valence-electron chi connectivity index (χ0n) is 14.3. The lowest BCUT2D eigenvalue weighted by atomic mass is 10.0. The first-order chi connectivity index (χ1) is 10.8. The zero-order valence-corrected chi connectivity index (χ0v) is 14.3. The van der Waals surface area contributed by atoms with E-state index in [9.17, 15) is 4.79 Å². The first-order valence-corrected chi connectivity index (χ1v) is 8.30. The Kier molecular flexibility index (Phi) is 4.17. The van der Waals surface area contributed by atoms with Crippen molar-refractivity contribution >= 4 is 6.09 Å². The number of amides is 1. The molecular formula is C17H25N3O3. The summed E-state index contributed by atoms with van der Waals surface area (Å²) >= 11 is 0.